The van der Waals surface area contributed by atoms with E-state index in [1.165, 1.54) is 10.9 Å². The van der Waals surface area contributed by atoms with Gasteiger partial charge in [0.15, 0.2) is 5.78 Å². The zero-order valence-corrected chi connectivity index (χ0v) is 11.9. The van der Waals surface area contributed by atoms with Crippen LogP contribution in [-0.2, 0) is 0 Å². The molecule has 1 N–H and O–H groups in total. The highest BCUT2D eigenvalue weighted by Gasteiger charge is 2.17. The molecule has 0 aromatic heterocycles. The van der Waals surface area contributed by atoms with E-state index in [4.69, 9.17) is 0 Å². The maximum Gasteiger partial charge on any atom is 0.167 e. The van der Waals surface area contributed by atoms with Crippen LogP contribution in [0.3, 0.4) is 0 Å². The van der Waals surface area contributed by atoms with Crippen LogP contribution in [0.15, 0.2) is 36.4 Å². The smallest absolute Gasteiger partial charge is 0.167 e. The molecule has 0 fully saturated rings. The molecule has 0 aliphatic rings. The standard InChI is InChI=1S/C17H21NO/c1-4-13(11-18-3)17(19)16-8-7-14-9-12(2)5-6-15(14)10-16/h5-10,13,18H,4,11H2,1-3H3. The van der Waals surface area contributed by atoms with Crippen LogP contribution in [0.1, 0.15) is 29.3 Å². The summed E-state index contributed by atoms with van der Waals surface area (Å²) in [6.07, 6.45) is 0.867. The number of ketones is 1. The monoisotopic (exact) mass is 255 g/mol. The molecule has 2 heteroatoms. The van der Waals surface area contributed by atoms with Crippen molar-refractivity contribution in [2.24, 2.45) is 5.92 Å². The van der Waals surface area contributed by atoms with E-state index in [0.29, 0.717) is 0 Å². The molecule has 1 atom stereocenters. The van der Waals surface area contributed by atoms with Gasteiger partial charge in [-0.1, -0.05) is 42.8 Å². The van der Waals surface area contributed by atoms with Crippen LogP contribution >= 0.6 is 0 Å². The van der Waals surface area contributed by atoms with Gasteiger partial charge in [-0.3, -0.25) is 4.79 Å². The molecule has 2 rings (SSSR count). The third-order valence-corrected chi connectivity index (χ3v) is 3.59. The van der Waals surface area contributed by atoms with Crippen molar-refractivity contribution in [3.8, 4) is 0 Å². The quantitative estimate of drug-likeness (QED) is 0.827. The lowest BCUT2D eigenvalue weighted by Gasteiger charge is -2.13. The first-order valence-corrected chi connectivity index (χ1v) is 6.85. The Labute approximate surface area is 114 Å². The normalized spacial score (nSPS) is 12.6. The summed E-state index contributed by atoms with van der Waals surface area (Å²) in [5.74, 6) is 0.298. The fourth-order valence-electron chi connectivity index (χ4n) is 2.42. The molecule has 2 nitrogen and oxygen atoms in total. The summed E-state index contributed by atoms with van der Waals surface area (Å²) >= 11 is 0. The summed E-state index contributed by atoms with van der Waals surface area (Å²) in [6, 6.07) is 12.3. The maximum absolute atomic E-state index is 12.4. The molecule has 1 unspecified atom stereocenters. The van der Waals surface area contributed by atoms with Crippen LogP contribution in [0, 0.1) is 12.8 Å². The van der Waals surface area contributed by atoms with Crippen LogP contribution in [-0.4, -0.2) is 19.4 Å². The molecule has 0 heterocycles. The highest BCUT2D eigenvalue weighted by Crippen LogP contribution is 2.20. The number of hydrogen-bond acceptors (Lipinski definition) is 2. The zero-order valence-electron chi connectivity index (χ0n) is 11.9. The molecule has 0 saturated heterocycles. The van der Waals surface area contributed by atoms with E-state index >= 15 is 0 Å². The molecule has 2 aromatic rings. The first-order valence-electron chi connectivity index (χ1n) is 6.85. The average molecular weight is 255 g/mol. The van der Waals surface area contributed by atoms with Gasteiger partial charge in [0.25, 0.3) is 0 Å². The van der Waals surface area contributed by atoms with E-state index in [2.05, 4.69) is 37.4 Å². The largest absolute Gasteiger partial charge is 0.319 e. The van der Waals surface area contributed by atoms with Gasteiger partial charge >= 0.3 is 0 Å². The third kappa shape index (κ3) is 3.02. The highest BCUT2D eigenvalue weighted by molar-refractivity contribution is 6.01. The highest BCUT2D eigenvalue weighted by atomic mass is 16.1. The third-order valence-electron chi connectivity index (χ3n) is 3.59. The summed E-state index contributed by atoms with van der Waals surface area (Å²) < 4.78 is 0. The number of carbonyl (C=O) groups is 1. The van der Waals surface area contributed by atoms with Gasteiger partial charge < -0.3 is 5.32 Å². The maximum atomic E-state index is 12.4. The van der Waals surface area contributed by atoms with Crippen LogP contribution in [0.5, 0.6) is 0 Å². The van der Waals surface area contributed by atoms with Gasteiger partial charge in [0.2, 0.25) is 0 Å². The molecular formula is C17H21NO. The molecule has 19 heavy (non-hydrogen) atoms. The molecule has 0 aliphatic heterocycles. The SMILES string of the molecule is CCC(CNC)C(=O)c1ccc2cc(C)ccc2c1. The van der Waals surface area contributed by atoms with E-state index in [9.17, 15) is 4.79 Å². The first kappa shape index (κ1) is 13.8. The lowest BCUT2D eigenvalue weighted by molar-refractivity contribution is 0.0917. The lowest BCUT2D eigenvalue weighted by Crippen LogP contribution is -2.25. The molecule has 0 radical (unpaired) electrons. The van der Waals surface area contributed by atoms with Crippen molar-refractivity contribution in [1.82, 2.24) is 5.32 Å². The number of Topliss-reactive ketones (excluding diaryl/α,β-unsaturated/α-hetero) is 1. The van der Waals surface area contributed by atoms with Crippen LogP contribution in [0.25, 0.3) is 10.8 Å². The summed E-state index contributed by atoms with van der Waals surface area (Å²) in [4.78, 5) is 12.4. The average Bonchev–Trinajstić information content (AvgIpc) is 2.43. The topological polar surface area (TPSA) is 29.1 Å². The Balaban J connectivity index is 2.35. The lowest BCUT2D eigenvalue weighted by atomic mass is 9.93. The summed E-state index contributed by atoms with van der Waals surface area (Å²) in [7, 11) is 1.89. The van der Waals surface area contributed by atoms with Gasteiger partial charge in [0.05, 0.1) is 0 Å². The van der Waals surface area contributed by atoms with Crippen LogP contribution in [0.2, 0.25) is 0 Å². The van der Waals surface area contributed by atoms with Gasteiger partial charge in [-0.2, -0.15) is 0 Å². The summed E-state index contributed by atoms with van der Waals surface area (Å²) in [6.45, 7) is 4.88. The number of benzene rings is 2. The molecular weight excluding hydrogens is 234 g/mol. The van der Waals surface area contributed by atoms with E-state index in [0.717, 1.165) is 23.9 Å². The Morgan fingerprint density at radius 3 is 2.53 bits per heavy atom. The minimum Gasteiger partial charge on any atom is -0.319 e. The minimum absolute atomic E-state index is 0.0629. The summed E-state index contributed by atoms with van der Waals surface area (Å²) in [5.41, 5.74) is 2.06. The Morgan fingerprint density at radius 2 is 1.84 bits per heavy atom. The van der Waals surface area contributed by atoms with Gasteiger partial charge in [-0.25, -0.2) is 0 Å². The Hall–Kier alpha value is -1.67. The fraction of sp³-hybridized carbons (Fsp3) is 0.353. The number of hydrogen-bond donors (Lipinski definition) is 1. The van der Waals surface area contributed by atoms with Gasteiger partial charge in [0, 0.05) is 18.0 Å². The van der Waals surface area contributed by atoms with Gasteiger partial charge in [0.1, 0.15) is 0 Å². The minimum atomic E-state index is 0.0629. The molecule has 0 amide bonds. The van der Waals surface area contributed by atoms with Crippen LogP contribution in [0.4, 0.5) is 0 Å². The molecule has 0 saturated carbocycles. The molecule has 2 aromatic carbocycles. The van der Waals surface area contributed by atoms with Crippen molar-refractivity contribution in [3.05, 3.63) is 47.5 Å². The van der Waals surface area contributed by atoms with Crippen molar-refractivity contribution in [2.45, 2.75) is 20.3 Å². The Kier molecular flexibility index (Phi) is 4.33. The first-order chi connectivity index (χ1) is 9.15. The molecule has 0 bridgehead atoms. The number of fused-ring (bicyclic) bond motifs is 1. The zero-order chi connectivity index (χ0) is 13.8. The van der Waals surface area contributed by atoms with Gasteiger partial charge in [-0.15, -0.1) is 0 Å². The van der Waals surface area contributed by atoms with E-state index in [-0.39, 0.29) is 11.7 Å². The van der Waals surface area contributed by atoms with Crippen molar-refractivity contribution in [2.75, 3.05) is 13.6 Å². The van der Waals surface area contributed by atoms with Crippen molar-refractivity contribution in [3.63, 3.8) is 0 Å². The second kappa shape index (κ2) is 5.98. The molecule has 0 aliphatic carbocycles. The second-order valence-electron chi connectivity index (χ2n) is 5.09. The molecule has 100 valence electrons. The Morgan fingerprint density at radius 1 is 1.16 bits per heavy atom. The fourth-order valence-corrected chi connectivity index (χ4v) is 2.42. The van der Waals surface area contributed by atoms with Crippen LogP contribution < -0.4 is 5.32 Å². The van der Waals surface area contributed by atoms with Gasteiger partial charge in [-0.05, 0) is 37.2 Å². The number of carbonyl (C=O) groups excluding carboxylic acids is 1. The second-order valence-corrected chi connectivity index (χ2v) is 5.09. The van der Waals surface area contributed by atoms with Crippen molar-refractivity contribution in [1.29, 1.82) is 0 Å². The predicted molar refractivity (Wildman–Crippen MR) is 80.7 cm³/mol. The van der Waals surface area contributed by atoms with Crippen molar-refractivity contribution < 1.29 is 4.79 Å². The number of aryl methyl sites for hydroxylation is 1. The summed E-state index contributed by atoms with van der Waals surface area (Å²) in [5, 5.41) is 5.42. The van der Waals surface area contributed by atoms with E-state index in [1.807, 2.05) is 25.2 Å². The molecule has 0 spiro atoms. The number of nitrogens with one attached hydrogen (secondary N) is 1. The van der Waals surface area contributed by atoms with E-state index in [1.54, 1.807) is 0 Å². The van der Waals surface area contributed by atoms with Crippen molar-refractivity contribution >= 4 is 16.6 Å². The van der Waals surface area contributed by atoms with E-state index < -0.39 is 0 Å². The predicted octanol–water partition coefficient (Wildman–Crippen LogP) is 3.58. The Bertz CT molecular complexity index is 589. The number of rotatable bonds is 5.